The van der Waals surface area contributed by atoms with Gasteiger partial charge in [-0.2, -0.15) is 0 Å². The molecule has 0 aliphatic carbocycles. The molecule has 0 bridgehead atoms. The molecule has 0 saturated carbocycles. The summed E-state index contributed by atoms with van der Waals surface area (Å²) < 4.78 is 15.9. The van der Waals surface area contributed by atoms with E-state index in [4.69, 9.17) is 14.2 Å². The number of benzene rings is 3. The Kier molecular flexibility index (Phi) is 7.94. The maximum atomic E-state index is 11.5. The number of carbonyl (C=O) groups is 2. The molecule has 2 N–H and O–H groups in total. The van der Waals surface area contributed by atoms with Gasteiger partial charge in [-0.1, -0.05) is 42.5 Å². The third kappa shape index (κ3) is 6.37. The summed E-state index contributed by atoms with van der Waals surface area (Å²) in [6, 6.07) is 18.0. The van der Waals surface area contributed by atoms with Gasteiger partial charge in [0.2, 0.25) is 0 Å². The number of rotatable bonds is 9. The van der Waals surface area contributed by atoms with E-state index in [1.54, 1.807) is 30.3 Å². The van der Waals surface area contributed by atoms with Crippen molar-refractivity contribution in [2.75, 3.05) is 6.61 Å². The SMILES string of the molecule is CC(=O)Oc1ccc(OC(C)=O)c2cc(CC(O)C(O)OCCc3ccccc3)ccc12. The van der Waals surface area contributed by atoms with Gasteiger partial charge in [0, 0.05) is 31.0 Å². The van der Waals surface area contributed by atoms with Gasteiger partial charge >= 0.3 is 11.9 Å². The minimum absolute atomic E-state index is 0.111. The number of ether oxygens (including phenoxy) is 3. The Hall–Kier alpha value is -3.26. The molecule has 0 spiro atoms. The van der Waals surface area contributed by atoms with Crippen molar-refractivity contribution < 1.29 is 34.0 Å². The predicted octanol–water partition coefficient (Wildman–Crippen LogP) is 3.17. The fourth-order valence-corrected chi connectivity index (χ4v) is 3.35. The lowest BCUT2D eigenvalue weighted by Gasteiger charge is -2.19. The van der Waals surface area contributed by atoms with E-state index in [-0.39, 0.29) is 13.0 Å². The van der Waals surface area contributed by atoms with Gasteiger partial charge in [-0.25, -0.2) is 0 Å². The monoisotopic (exact) mass is 438 g/mol. The number of hydrogen-bond donors (Lipinski definition) is 2. The van der Waals surface area contributed by atoms with Crippen LogP contribution >= 0.6 is 0 Å². The highest BCUT2D eigenvalue weighted by Crippen LogP contribution is 2.34. The Labute approximate surface area is 186 Å². The highest BCUT2D eigenvalue weighted by molar-refractivity contribution is 5.96. The Balaban J connectivity index is 1.72. The summed E-state index contributed by atoms with van der Waals surface area (Å²) in [6.07, 6.45) is -1.78. The summed E-state index contributed by atoms with van der Waals surface area (Å²) in [5, 5.41) is 21.7. The van der Waals surface area contributed by atoms with Gasteiger partial charge in [0.05, 0.1) is 6.61 Å². The molecule has 0 amide bonds. The van der Waals surface area contributed by atoms with Gasteiger partial charge in [0.1, 0.15) is 17.6 Å². The van der Waals surface area contributed by atoms with E-state index in [2.05, 4.69) is 0 Å². The van der Waals surface area contributed by atoms with Crippen molar-refractivity contribution in [2.24, 2.45) is 0 Å². The summed E-state index contributed by atoms with van der Waals surface area (Å²) in [7, 11) is 0. The van der Waals surface area contributed by atoms with E-state index in [9.17, 15) is 19.8 Å². The molecule has 0 fully saturated rings. The molecule has 3 rings (SSSR count). The number of aliphatic hydroxyl groups excluding tert-OH is 2. The Morgan fingerprint density at radius 1 is 0.812 bits per heavy atom. The fraction of sp³-hybridized carbons (Fsp3) is 0.280. The third-order valence-corrected chi connectivity index (χ3v) is 4.80. The number of aliphatic hydroxyl groups is 2. The van der Waals surface area contributed by atoms with Crippen LogP contribution in [-0.4, -0.2) is 41.2 Å². The van der Waals surface area contributed by atoms with E-state index < -0.39 is 24.3 Å². The molecular weight excluding hydrogens is 412 g/mol. The van der Waals surface area contributed by atoms with Crippen molar-refractivity contribution in [3.8, 4) is 11.5 Å². The first-order chi connectivity index (χ1) is 15.3. The first-order valence-corrected chi connectivity index (χ1v) is 10.3. The van der Waals surface area contributed by atoms with Crippen molar-refractivity contribution >= 4 is 22.7 Å². The number of fused-ring (bicyclic) bond motifs is 1. The number of carbonyl (C=O) groups excluding carboxylic acids is 2. The predicted molar refractivity (Wildman–Crippen MR) is 118 cm³/mol. The quantitative estimate of drug-likeness (QED) is 0.301. The molecule has 0 aliphatic heterocycles. The van der Waals surface area contributed by atoms with Gasteiger partial charge in [-0.15, -0.1) is 0 Å². The van der Waals surface area contributed by atoms with Crippen LogP contribution in [0.1, 0.15) is 25.0 Å². The van der Waals surface area contributed by atoms with Crippen LogP contribution in [0.2, 0.25) is 0 Å². The first-order valence-electron chi connectivity index (χ1n) is 10.3. The molecule has 0 aromatic heterocycles. The highest BCUT2D eigenvalue weighted by atomic mass is 16.6. The molecule has 168 valence electrons. The van der Waals surface area contributed by atoms with Gasteiger partial charge in [-0.05, 0) is 35.7 Å². The van der Waals surface area contributed by atoms with E-state index in [1.807, 2.05) is 30.3 Å². The van der Waals surface area contributed by atoms with Crippen LogP contribution in [0.15, 0.2) is 60.7 Å². The summed E-state index contributed by atoms with van der Waals surface area (Å²) >= 11 is 0. The van der Waals surface area contributed by atoms with Gasteiger partial charge in [0.15, 0.2) is 6.29 Å². The molecule has 7 nitrogen and oxygen atoms in total. The van der Waals surface area contributed by atoms with E-state index in [0.717, 1.165) is 5.56 Å². The molecule has 2 unspecified atom stereocenters. The molecule has 3 aromatic rings. The number of esters is 2. The lowest BCUT2D eigenvalue weighted by molar-refractivity contribution is -0.160. The summed E-state index contributed by atoms with van der Waals surface area (Å²) in [5.41, 5.74) is 1.76. The maximum absolute atomic E-state index is 11.5. The Morgan fingerprint density at radius 3 is 2.06 bits per heavy atom. The highest BCUT2D eigenvalue weighted by Gasteiger charge is 2.19. The average molecular weight is 438 g/mol. The van der Waals surface area contributed by atoms with Crippen molar-refractivity contribution in [1.82, 2.24) is 0 Å². The molecular formula is C25H26O7. The lowest BCUT2D eigenvalue weighted by atomic mass is 10.0. The zero-order valence-corrected chi connectivity index (χ0v) is 18.0. The van der Waals surface area contributed by atoms with Crippen LogP contribution in [0.25, 0.3) is 10.8 Å². The second kappa shape index (κ2) is 10.9. The average Bonchev–Trinajstić information content (AvgIpc) is 2.75. The van der Waals surface area contributed by atoms with Gasteiger partial charge in [0.25, 0.3) is 0 Å². The van der Waals surface area contributed by atoms with Crippen LogP contribution in [0.4, 0.5) is 0 Å². The van der Waals surface area contributed by atoms with Crippen molar-refractivity contribution in [3.05, 3.63) is 71.8 Å². The molecule has 3 aromatic carbocycles. The van der Waals surface area contributed by atoms with Crippen LogP contribution in [-0.2, 0) is 27.2 Å². The van der Waals surface area contributed by atoms with Gasteiger partial charge in [-0.3, -0.25) is 9.59 Å². The topological polar surface area (TPSA) is 102 Å². The largest absolute Gasteiger partial charge is 0.426 e. The second-order valence-corrected chi connectivity index (χ2v) is 7.40. The number of hydrogen-bond acceptors (Lipinski definition) is 7. The molecule has 32 heavy (non-hydrogen) atoms. The first kappa shape index (κ1) is 23.4. The van der Waals surface area contributed by atoms with E-state index >= 15 is 0 Å². The van der Waals surface area contributed by atoms with Crippen LogP contribution < -0.4 is 9.47 Å². The van der Waals surface area contributed by atoms with Crippen molar-refractivity contribution in [2.45, 2.75) is 39.1 Å². The second-order valence-electron chi connectivity index (χ2n) is 7.40. The maximum Gasteiger partial charge on any atom is 0.308 e. The van der Waals surface area contributed by atoms with E-state index in [0.29, 0.717) is 34.3 Å². The zero-order chi connectivity index (χ0) is 23.1. The third-order valence-electron chi connectivity index (χ3n) is 4.80. The van der Waals surface area contributed by atoms with Crippen molar-refractivity contribution in [1.29, 1.82) is 0 Å². The molecule has 2 atom stereocenters. The summed E-state index contributed by atoms with van der Waals surface area (Å²) in [6.45, 7) is 2.86. The summed E-state index contributed by atoms with van der Waals surface area (Å²) in [4.78, 5) is 22.9. The van der Waals surface area contributed by atoms with E-state index in [1.165, 1.54) is 13.8 Å². The fourth-order valence-electron chi connectivity index (χ4n) is 3.35. The molecule has 0 aliphatic rings. The smallest absolute Gasteiger partial charge is 0.308 e. The van der Waals surface area contributed by atoms with Crippen molar-refractivity contribution in [3.63, 3.8) is 0 Å². The standard InChI is InChI=1S/C25H26O7/c1-16(26)31-23-10-11-24(32-17(2)27)21-14-19(8-9-20(21)23)15-22(28)25(29)30-13-12-18-6-4-3-5-7-18/h3-11,14,22,25,28-29H,12-13,15H2,1-2H3. The van der Waals surface area contributed by atoms with Crippen LogP contribution in [0.3, 0.4) is 0 Å². The Morgan fingerprint density at radius 2 is 1.44 bits per heavy atom. The Bertz CT molecular complexity index is 1080. The summed E-state index contributed by atoms with van der Waals surface area (Å²) in [5.74, 6) is -0.319. The van der Waals surface area contributed by atoms with Crippen LogP contribution in [0.5, 0.6) is 11.5 Å². The molecule has 7 heteroatoms. The molecule has 0 heterocycles. The minimum Gasteiger partial charge on any atom is -0.426 e. The van der Waals surface area contributed by atoms with Crippen LogP contribution in [0, 0.1) is 0 Å². The normalized spacial score (nSPS) is 12.9. The minimum atomic E-state index is -1.35. The van der Waals surface area contributed by atoms with Gasteiger partial charge < -0.3 is 24.4 Å². The lowest BCUT2D eigenvalue weighted by Crippen LogP contribution is -2.31. The molecule has 0 radical (unpaired) electrons. The molecule has 0 saturated heterocycles. The zero-order valence-electron chi connectivity index (χ0n) is 18.0.